The first kappa shape index (κ1) is 18.0. The highest BCUT2D eigenvalue weighted by Gasteiger charge is 2.42. The molecule has 0 bridgehead atoms. The Hall–Kier alpha value is -2.38. The molecule has 0 fully saturated rings. The maximum absolute atomic E-state index is 13.3. The van der Waals surface area contributed by atoms with Crippen molar-refractivity contribution in [3.63, 3.8) is 0 Å². The minimum absolute atomic E-state index is 0.143. The van der Waals surface area contributed by atoms with E-state index in [4.69, 9.17) is 0 Å². The maximum Gasteiger partial charge on any atom is 0.420 e. The van der Waals surface area contributed by atoms with Crippen LogP contribution in [0.4, 0.5) is 26.3 Å². The Balaban J connectivity index is 2.98. The van der Waals surface area contributed by atoms with Gasteiger partial charge >= 0.3 is 12.4 Å². The molecule has 0 spiro atoms. The Bertz CT molecular complexity index is 723. The third kappa shape index (κ3) is 3.27. The minimum Gasteiger partial charge on any atom is -0.507 e. The summed E-state index contributed by atoms with van der Waals surface area (Å²) in [5, 5.41) is 19.3. The zero-order valence-corrected chi connectivity index (χ0v) is 12.5. The molecule has 2 aromatic rings. The first-order valence-corrected chi connectivity index (χ1v) is 6.64. The third-order valence-corrected chi connectivity index (χ3v) is 3.38. The molecule has 130 valence electrons. The number of phenols is 2. The van der Waals surface area contributed by atoms with E-state index < -0.39 is 46.1 Å². The summed E-state index contributed by atoms with van der Waals surface area (Å²) >= 11 is 0. The van der Waals surface area contributed by atoms with E-state index in [2.05, 4.69) is 0 Å². The Labute approximate surface area is 133 Å². The van der Waals surface area contributed by atoms with E-state index in [0.717, 1.165) is 24.3 Å². The van der Waals surface area contributed by atoms with Crippen molar-refractivity contribution in [2.75, 3.05) is 0 Å². The van der Waals surface area contributed by atoms with Crippen molar-refractivity contribution in [1.82, 2.24) is 0 Å². The van der Waals surface area contributed by atoms with Crippen LogP contribution in [0, 0.1) is 13.8 Å². The summed E-state index contributed by atoms with van der Waals surface area (Å²) in [5.41, 5.74) is -4.56. The van der Waals surface area contributed by atoms with E-state index in [1.54, 1.807) is 0 Å². The lowest BCUT2D eigenvalue weighted by atomic mass is 9.91. The molecular weight excluding hydrogens is 338 g/mol. The molecule has 0 aliphatic carbocycles. The molecule has 0 aliphatic rings. The monoisotopic (exact) mass is 350 g/mol. The van der Waals surface area contributed by atoms with E-state index in [1.165, 1.54) is 13.8 Å². The number of phenolic OH excluding ortho intramolecular Hbond substituents is 2. The summed E-state index contributed by atoms with van der Waals surface area (Å²) in [7, 11) is 0. The van der Waals surface area contributed by atoms with Crippen molar-refractivity contribution in [2.45, 2.75) is 26.2 Å². The van der Waals surface area contributed by atoms with Crippen molar-refractivity contribution in [3.05, 3.63) is 46.5 Å². The van der Waals surface area contributed by atoms with E-state index in [1.807, 2.05) is 0 Å². The zero-order valence-electron chi connectivity index (χ0n) is 12.5. The van der Waals surface area contributed by atoms with E-state index in [-0.39, 0.29) is 11.1 Å². The van der Waals surface area contributed by atoms with Gasteiger partial charge in [0.15, 0.2) is 0 Å². The molecule has 0 radical (unpaired) electrons. The van der Waals surface area contributed by atoms with Crippen LogP contribution in [0.15, 0.2) is 24.3 Å². The second-order valence-corrected chi connectivity index (χ2v) is 5.41. The van der Waals surface area contributed by atoms with Crippen LogP contribution < -0.4 is 0 Å². The van der Waals surface area contributed by atoms with Crippen LogP contribution in [-0.4, -0.2) is 10.2 Å². The van der Waals surface area contributed by atoms with E-state index in [0.29, 0.717) is 0 Å². The van der Waals surface area contributed by atoms with Crippen LogP contribution in [-0.2, 0) is 12.4 Å². The quantitative estimate of drug-likeness (QED) is 0.674. The molecule has 0 saturated heterocycles. The highest BCUT2D eigenvalue weighted by Crippen LogP contribution is 2.48. The van der Waals surface area contributed by atoms with Gasteiger partial charge in [-0.3, -0.25) is 0 Å². The zero-order chi connectivity index (χ0) is 18.4. The number of aromatic hydroxyl groups is 2. The third-order valence-electron chi connectivity index (χ3n) is 3.38. The molecule has 0 unspecified atom stereocenters. The van der Waals surface area contributed by atoms with Gasteiger partial charge in [0.05, 0.1) is 0 Å². The number of hydrogen-bond acceptors (Lipinski definition) is 2. The largest absolute Gasteiger partial charge is 0.507 e. The molecule has 8 heteroatoms. The van der Waals surface area contributed by atoms with Crippen LogP contribution >= 0.6 is 0 Å². The summed E-state index contributed by atoms with van der Waals surface area (Å²) in [5.74, 6) is -2.35. The molecule has 2 aromatic carbocycles. The van der Waals surface area contributed by atoms with Gasteiger partial charge in [0.25, 0.3) is 0 Å². The van der Waals surface area contributed by atoms with Crippen LogP contribution in [0.1, 0.15) is 22.3 Å². The highest BCUT2D eigenvalue weighted by atomic mass is 19.4. The van der Waals surface area contributed by atoms with E-state index in [9.17, 15) is 36.6 Å². The van der Waals surface area contributed by atoms with Crippen molar-refractivity contribution in [3.8, 4) is 22.6 Å². The molecule has 2 rings (SSSR count). The predicted octanol–water partition coefficient (Wildman–Crippen LogP) is 5.42. The van der Waals surface area contributed by atoms with Gasteiger partial charge in [0.2, 0.25) is 0 Å². The first-order chi connectivity index (χ1) is 10.8. The fourth-order valence-corrected chi connectivity index (χ4v) is 2.56. The van der Waals surface area contributed by atoms with Crippen LogP contribution in [0.5, 0.6) is 11.5 Å². The van der Waals surface area contributed by atoms with Crippen molar-refractivity contribution in [1.29, 1.82) is 0 Å². The summed E-state index contributed by atoms with van der Waals surface area (Å²) in [4.78, 5) is 0. The van der Waals surface area contributed by atoms with Crippen LogP contribution in [0.2, 0.25) is 0 Å². The van der Waals surface area contributed by atoms with Gasteiger partial charge in [-0.05, 0) is 48.2 Å². The second-order valence-electron chi connectivity index (χ2n) is 5.41. The molecule has 2 nitrogen and oxygen atoms in total. The van der Waals surface area contributed by atoms with Gasteiger partial charge in [-0.1, -0.05) is 12.1 Å². The number of rotatable bonds is 1. The number of aryl methyl sites for hydroxylation is 2. The number of alkyl halides is 6. The summed E-state index contributed by atoms with van der Waals surface area (Å²) in [6.45, 7) is 2.68. The SMILES string of the molecule is Cc1cc(O)c(C(F)(F)F)c(-c2cc(C)cc(O)c2C(F)(F)F)c1. The molecule has 0 aliphatic heterocycles. The lowest BCUT2D eigenvalue weighted by Crippen LogP contribution is -2.12. The highest BCUT2D eigenvalue weighted by molar-refractivity contribution is 5.77. The molecule has 24 heavy (non-hydrogen) atoms. The van der Waals surface area contributed by atoms with Crippen LogP contribution in [0.3, 0.4) is 0 Å². The number of benzene rings is 2. The molecule has 0 aromatic heterocycles. The molecule has 2 N–H and O–H groups in total. The van der Waals surface area contributed by atoms with Gasteiger partial charge in [0.1, 0.15) is 22.6 Å². The van der Waals surface area contributed by atoms with E-state index >= 15 is 0 Å². The normalized spacial score (nSPS) is 12.5. The Morgan fingerprint density at radius 3 is 1.17 bits per heavy atom. The van der Waals surface area contributed by atoms with Crippen LogP contribution in [0.25, 0.3) is 11.1 Å². The minimum atomic E-state index is -5.07. The standard InChI is InChI=1S/C16H12F6O2/c1-7-3-9(13(11(23)5-7)15(17,18)19)10-4-8(2)6-12(24)14(10)16(20,21)22/h3-6,23-24H,1-2H3. The fraction of sp³-hybridized carbons (Fsp3) is 0.250. The van der Waals surface area contributed by atoms with Gasteiger partial charge in [-0.15, -0.1) is 0 Å². The van der Waals surface area contributed by atoms with Crippen molar-refractivity contribution in [2.24, 2.45) is 0 Å². The Morgan fingerprint density at radius 1 is 0.625 bits per heavy atom. The average molecular weight is 350 g/mol. The molecular formula is C16H12F6O2. The Kier molecular flexibility index (Phi) is 4.20. The lowest BCUT2D eigenvalue weighted by molar-refractivity contribution is -0.140. The van der Waals surface area contributed by atoms with Crippen molar-refractivity contribution >= 4 is 0 Å². The van der Waals surface area contributed by atoms with Gasteiger partial charge in [-0.25, -0.2) is 0 Å². The summed E-state index contributed by atoms with van der Waals surface area (Å²) in [6, 6.07) is 3.42. The summed E-state index contributed by atoms with van der Waals surface area (Å²) in [6.07, 6.45) is -10.1. The van der Waals surface area contributed by atoms with Crippen molar-refractivity contribution < 1.29 is 36.6 Å². The number of hydrogen-bond donors (Lipinski definition) is 2. The summed E-state index contributed by atoms with van der Waals surface area (Å²) < 4.78 is 79.5. The fourth-order valence-electron chi connectivity index (χ4n) is 2.56. The molecule has 0 atom stereocenters. The predicted molar refractivity (Wildman–Crippen MR) is 74.7 cm³/mol. The topological polar surface area (TPSA) is 40.5 Å². The smallest absolute Gasteiger partial charge is 0.420 e. The number of halogens is 6. The molecule has 0 heterocycles. The first-order valence-electron chi connectivity index (χ1n) is 6.64. The van der Waals surface area contributed by atoms with Gasteiger partial charge in [0, 0.05) is 0 Å². The lowest BCUT2D eigenvalue weighted by Gasteiger charge is -2.20. The van der Waals surface area contributed by atoms with Gasteiger partial charge < -0.3 is 10.2 Å². The molecule has 0 amide bonds. The molecule has 0 saturated carbocycles. The average Bonchev–Trinajstić information content (AvgIpc) is 2.32. The van der Waals surface area contributed by atoms with Gasteiger partial charge in [-0.2, -0.15) is 26.3 Å². The maximum atomic E-state index is 13.3. The Morgan fingerprint density at radius 2 is 0.917 bits per heavy atom. The second kappa shape index (κ2) is 5.61.